The molecule has 1 aliphatic rings. The van der Waals surface area contributed by atoms with Crippen LogP contribution in [0.2, 0.25) is 5.02 Å². The van der Waals surface area contributed by atoms with Crippen molar-refractivity contribution in [2.45, 2.75) is 19.4 Å². The number of ether oxygens (including phenoxy) is 2. The number of esters is 1. The lowest BCUT2D eigenvalue weighted by Crippen LogP contribution is -2.45. The number of likely N-dealkylation sites (tertiary alicyclic amines) is 1. The number of halogens is 3. The van der Waals surface area contributed by atoms with E-state index in [4.69, 9.17) is 21.1 Å². The van der Waals surface area contributed by atoms with E-state index >= 15 is 0 Å². The number of rotatable bonds is 7. The van der Waals surface area contributed by atoms with E-state index in [9.17, 15) is 18.8 Å². The summed E-state index contributed by atoms with van der Waals surface area (Å²) in [6.07, 6.45) is 0.761. The van der Waals surface area contributed by atoms with E-state index in [0.29, 0.717) is 29.9 Å². The standard InChI is InChI=1S/C29H27BrClFN2O5/c1-33(17-20-7-3-4-9-25(20)39-22-10-11-24(32)23(31)15-22)26(35)27(36)34-13-12-29(18-34,28(37)38-2)16-19-6-5-8-21(30)14-19/h3-11,14-15H,12-13,16-18H2,1-2H3. The maximum absolute atomic E-state index is 13.5. The Morgan fingerprint density at radius 2 is 1.87 bits per heavy atom. The van der Waals surface area contributed by atoms with Crippen LogP contribution in [-0.4, -0.2) is 54.8 Å². The molecule has 0 aromatic heterocycles. The Balaban J connectivity index is 1.45. The minimum atomic E-state index is -0.944. The monoisotopic (exact) mass is 616 g/mol. The Morgan fingerprint density at radius 3 is 2.59 bits per heavy atom. The smallest absolute Gasteiger partial charge is 0.314 e. The second-order valence-corrected chi connectivity index (χ2v) is 10.8. The Kier molecular flexibility index (Phi) is 8.92. The Bertz CT molecular complexity index is 1400. The first-order chi connectivity index (χ1) is 18.6. The molecule has 7 nitrogen and oxygen atoms in total. The number of hydrogen-bond donors (Lipinski definition) is 0. The van der Waals surface area contributed by atoms with Crippen LogP contribution in [0.4, 0.5) is 4.39 Å². The molecule has 1 unspecified atom stereocenters. The molecule has 10 heteroatoms. The molecule has 0 spiro atoms. The summed E-state index contributed by atoms with van der Waals surface area (Å²) in [5, 5.41) is -0.0728. The summed E-state index contributed by atoms with van der Waals surface area (Å²) in [6.45, 7) is 0.422. The van der Waals surface area contributed by atoms with Crippen LogP contribution in [0.3, 0.4) is 0 Å². The van der Waals surface area contributed by atoms with Gasteiger partial charge in [0.15, 0.2) is 0 Å². The van der Waals surface area contributed by atoms with Crippen molar-refractivity contribution in [2.24, 2.45) is 5.41 Å². The second-order valence-electron chi connectivity index (χ2n) is 9.50. The Labute approximate surface area is 239 Å². The zero-order valence-corrected chi connectivity index (χ0v) is 23.8. The van der Waals surface area contributed by atoms with Gasteiger partial charge in [-0.1, -0.05) is 57.9 Å². The summed E-state index contributed by atoms with van der Waals surface area (Å²) in [5.74, 6) is -1.60. The van der Waals surface area contributed by atoms with Gasteiger partial charge in [-0.25, -0.2) is 4.39 Å². The van der Waals surface area contributed by atoms with Gasteiger partial charge in [0.2, 0.25) is 0 Å². The SMILES string of the molecule is COC(=O)C1(Cc2cccc(Br)c2)CCN(C(=O)C(=O)N(C)Cc2ccccc2Oc2ccc(F)c(Cl)c2)C1. The summed E-state index contributed by atoms with van der Waals surface area (Å²) >= 11 is 9.31. The summed E-state index contributed by atoms with van der Waals surface area (Å²) in [6, 6.07) is 18.7. The molecule has 0 bridgehead atoms. The molecule has 1 saturated heterocycles. The summed E-state index contributed by atoms with van der Waals surface area (Å²) < 4.78 is 25.4. The highest BCUT2D eigenvalue weighted by Crippen LogP contribution is 2.36. The molecule has 0 radical (unpaired) electrons. The highest BCUT2D eigenvalue weighted by atomic mass is 79.9. The van der Waals surface area contributed by atoms with Crippen LogP contribution in [-0.2, 0) is 32.1 Å². The molecular formula is C29H27BrClFN2O5. The minimum absolute atomic E-state index is 0.0728. The molecule has 3 aromatic carbocycles. The van der Waals surface area contributed by atoms with Crippen molar-refractivity contribution in [3.05, 3.63) is 93.2 Å². The number of likely N-dealkylation sites (N-methyl/N-ethyl adjacent to an activating group) is 1. The van der Waals surface area contributed by atoms with Crippen LogP contribution < -0.4 is 4.74 Å². The predicted molar refractivity (Wildman–Crippen MR) is 148 cm³/mol. The fourth-order valence-corrected chi connectivity index (χ4v) is 5.33. The number of para-hydroxylation sites is 1. The summed E-state index contributed by atoms with van der Waals surface area (Å²) in [5.41, 5.74) is 0.620. The minimum Gasteiger partial charge on any atom is -0.469 e. The van der Waals surface area contributed by atoms with Crippen molar-refractivity contribution >= 4 is 45.3 Å². The number of hydrogen-bond acceptors (Lipinski definition) is 5. The first-order valence-electron chi connectivity index (χ1n) is 12.2. The average molecular weight is 618 g/mol. The molecule has 0 saturated carbocycles. The van der Waals surface area contributed by atoms with Crippen molar-refractivity contribution < 1.29 is 28.2 Å². The number of benzene rings is 3. The first-order valence-corrected chi connectivity index (χ1v) is 13.4. The van der Waals surface area contributed by atoms with Gasteiger partial charge in [-0.15, -0.1) is 0 Å². The normalized spacial score (nSPS) is 16.6. The second kappa shape index (κ2) is 12.2. The summed E-state index contributed by atoms with van der Waals surface area (Å²) in [7, 11) is 2.85. The molecule has 204 valence electrons. The zero-order chi connectivity index (χ0) is 28.2. The predicted octanol–water partition coefficient (Wildman–Crippen LogP) is 5.63. The molecule has 0 N–H and O–H groups in total. The van der Waals surface area contributed by atoms with Gasteiger partial charge in [-0.3, -0.25) is 14.4 Å². The number of amides is 2. The highest BCUT2D eigenvalue weighted by Gasteiger charge is 2.48. The van der Waals surface area contributed by atoms with Gasteiger partial charge in [0, 0.05) is 42.8 Å². The maximum atomic E-state index is 13.5. The highest BCUT2D eigenvalue weighted by molar-refractivity contribution is 9.10. The van der Waals surface area contributed by atoms with Gasteiger partial charge in [-0.05, 0) is 48.7 Å². The number of carbonyl (C=O) groups is 3. The van der Waals surface area contributed by atoms with Crippen molar-refractivity contribution in [1.29, 1.82) is 0 Å². The number of methoxy groups -OCH3 is 1. The third kappa shape index (κ3) is 6.59. The molecule has 1 fully saturated rings. The van der Waals surface area contributed by atoms with E-state index in [0.717, 1.165) is 10.0 Å². The van der Waals surface area contributed by atoms with E-state index in [1.807, 2.05) is 24.3 Å². The van der Waals surface area contributed by atoms with Crippen molar-refractivity contribution in [1.82, 2.24) is 9.80 Å². The number of nitrogens with zero attached hydrogens (tertiary/aromatic N) is 2. The zero-order valence-electron chi connectivity index (χ0n) is 21.5. The van der Waals surface area contributed by atoms with E-state index < -0.39 is 29.0 Å². The molecule has 2 amide bonds. The lowest BCUT2D eigenvalue weighted by Gasteiger charge is -2.27. The van der Waals surface area contributed by atoms with Crippen molar-refractivity contribution in [2.75, 3.05) is 27.2 Å². The maximum Gasteiger partial charge on any atom is 0.314 e. The van der Waals surface area contributed by atoms with Crippen LogP contribution in [0.1, 0.15) is 17.5 Å². The van der Waals surface area contributed by atoms with Gasteiger partial charge in [0.05, 0.1) is 17.5 Å². The Morgan fingerprint density at radius 1 is 1.10 bits per heavy atom. The van der Waals surface area contributed by atoms with E-state index in [1.54, 1.807) is 24.3 Å². The van der Waals surface area contributed by atoms with Gasteiger partial charge < -0.3 is 19.3 Å². The van der Waals surface area contributed by atoms with Gasteiger partial charge >= 0.3 is 17.8 Å². The third-order valence-corrected chi connectivity index (χ3v) is 7.50. The molecule has 0 aliphatic carbocycles. The molecular weight excluding hydrogens is 591 g/mol. The van der Waals surface area contributed by atoms with E-state index in [-0.39, 0.29) is 24.7 Å². The average Bonchev–Trinajstić information content (AvgIpc) is 3.35. The third-order valence-electron chi connectivity index (χ3n) is 6.72. The van der Waals surface area contributed by atoms with Gasteiger partial charge in [0.1, 0.15) is 17.3 Å². The molecule has 3 aromatic rings. The van der Waals surface area contributed by atoms with Crippen LogP contribution in [0.15, 0.2) is 71.2 Å². The van der Waals surface area contributed by atoms with Crippen molar-refractivity contribution in [3.8, 4) is 11.5 Å². The van der Waals surface area contributed by atoms with E-state index in [1.165, 1.54) is 42.2 Å². The number of carbonyl (C=O) groups excluding carboxylic acids is 3. The molecule has 1 atom stereocenters. The Hall–Kier alpha value is -3.43. The van der Waals surface area contributed by atoms with Crippen LogP contribution in [0.5, 0.6) is 11.5 Å². The first kappa shape index (κ1) is 28.6. The van der Waals surface area contributed by atoms with Gasteiger partial charge in [0.25, 0.3) is 0 Å². The molecule has 1 heterocycles. The quantitative estimate of drug-likeness (QED) is 0.254. The van der Waals surface area contributed by atoms with Crippen LogP contribution in [0.25, 0.3) is 0 Å². The molecule has 1 aliphatic heterocycles. The lowest BCUT2D eigenvalue weighted by molar-refractivity contribution is -0.154. The fraction of sp³-hybridized carbons (Fsp3) is 0.276. The van der Waals surface area contributed by atoms with E-state index in [2.05, 4.69) is 15.9 Å². The molecule has 4 rings (SSSR count). The summed E-state index contributed by atoms with van der Waals surface area (Å²) in [4.78, 5) is 41.9. The molecule has 39 heavy (non-hydrogen) atoms. The van der Waals surface area contributed by atoms with Crippen molar-refractivity contribution in [3.63, 3.8) is 0 Å². The topological polar surface area (TPSA) is 76.2 Å². The van der Waals surface area contributed by atoms with Crippen LogP contribution >= 0.6 is 27.5 Å². The fourth-order valence-electron chi connectivity index (χ4n) is 4.71. The van der Waals surface area contributed by atoms with Crippen LogP contribution in [0, 0.1) is 11.2 Å². The lowest BCUT2D eigenvalue weighted by atomic mass is 9.81. The largest absolute Gasteiger partial charge is 0.469 e. The van der Waals surface area contributed by atoms with Gasteiger partial charge in [-0.2, -0.15) is 0 Å².